The number of Topliss-reactive ketones (excluding diaryl/α,β-unsaturated/α-hetero) is 2. The Morgan fingerprint density at radius 1 is 1.14 bits per heavy atom. The number of aromatic amines is 1. The van der Waals surface area contributed by atoms with Crippen LogP contribution in [0.4, 0.5) is 0 Å². The Morgan fingerprint density at radius 3 is 2.62 bits per heavy atom. The van der Waals surface area contributed by atoms with E-state index < -0.39 is 0 Å². The van der Waals surface area contributed by atoms with Gasteiger partial charge in [0.2, 0.25) is 0 Å². The zero-order valence-electron chi connectivity index (χ0n) is 24.9. The summed E-state index contributed by atoms with van der Waals surface area (Å²) >= 11 is 0. The number of aromatic hydroxyl groups is 1. The van der Waals surface area contributed by atoms with E-state index in [-0.39, 0.29) is 48.6 Å². The van der Waals surface area contributed by atoms with Crippen LogP contribution in [0.1, 0.15) is 86.9 Å². The van der Waals surface area contributed by atoms with Gasteiger partial charge < -0.3 is 31.0 Å². The van der Waals surface area contributed by atoms with Crippen LogP contribution in [0.2, 0.25) is 0 Å². The second-order valence-electron chi connectivity index (χ2n) is 11.9. The number of rotatable bonds is 16. The van der Waals surface area contributed by atoms with Gasteiger partial charge in [-0.25, -0.2) is 0 Å². The third-order valence-corrected chi connectivity index (χ3v) is 8.77. The molecule has 42 heavy (non-hydrogen) atoms. The van der Waals surface area contributed by atoms with E-state index in [4.69, 9.17) is 10.5 Å². The first kappa shape index (κ1) is 31.4. The van der Waals surface area contributed by atoms with Crippen LogP contribution < -0.4 is 15.8 Å². The average molecular weight is 578 g/mol. The summed E-state index contributed by atoms with van der Waals surface area (Å²) in [5.74, 6) is 0.877. The van der Waals surface area contributed by atoms with Gasteiger partial charge in [0.25, 0.3) is 0 Å². The zero-order chi connectivity index (χ0) is 29.9. The molecule has 1 aromatic heterocycles. The molecular formula is C34H47N3O5. The van der Waals surface area contributed by atoms with Crippen molar-refractivity contribution in [2.75, 3.05) is 20.3 Å². The molecule has 8 nitrogen and oxygen atoms in total. The summed E-state index contributed by atoms with van der Waals surface area (Å²) in [6.07, 6.45) is 15.8. The SMILES string of the molecule is COc1cc(CCC(=O)CC(=O)CCCC2CCCCC2)cc(C(C2=CCNC(N)=C2)C(CO)Cc2ccc[nH]2)c1O. The van der Waals surface area contributed by atoms with Crippen molar-refractivity contribution in [1.82, 2.24) is 10.3 Å². The smallest absolute Gasteiger partial charge is 0.161 e. The Kier molecular flexibility index (Phi) is 11.7. The van der Waals surface area contributed by atoms with E-state index in [1.807, 2.05) is 36.5 Å². The number of hydrogen-bond donors (Lipinski definition) is 5. The number of aryl methyl sites for hydroxylation is 1. The van der Waals surface area contributed by atoms with E-state index in [1.165, 1.54) is 39.2 Å². The first-order chi connectivity index (χ1) is 20.4. The number of carbonyl (C=O) groups excluding carboxylic acids is 2. The van der Waals surface area contributed by atoms with Crippen molar-refractivity contribution < 1.29 is 24.5 Å². The summed E-state index contributed by atoms with van der Waals surface area (Å²) in [5, 5.41) is 24.9. The molecule has 1 saturated carbocycles. The molecule has 1 fully saturated rings. The highest BCUT2D eigenvalue weighted by molar-refractivity contribution is 5.99. The Morgan fingerprint density at radius 2 is 1.93 bits per heavy atom. The number of methoxy groups -OCH3 is 1. The van der Waals surface area contributed by atoms with Crippen LogP contribution in [0.15, 0.2) is 54.0 Å². The fourth-order valence-electron chi connectivity index (χ4n) is 6.53. The van der Waals surface area contributed by atoms with Crippen LogP contribution in [0.5, 0.6) is 11.5 Å². The summed E-state index contributed by atoms with van der Waals surface area (Å²) in [5.41, 5.74) is 9.42. The summed E-state index contributed by atoms with van der Waals surface area (Å²) < 4.78 is 5.54. The van der Waals surface area contributed by atoms with Gasteiger partial charge >= 0.3 is 0 Å². The van der Waals surface area contributed by atoms with Crippen LogP contribution in [0.3, 0.4) is 0 Å². The molecule has 8 heteroatoms. The van der Waals surface area contributed by atoms with E-state index in [9.17, 15) is 19.8 Å². The molecule has 1 aromatic carbocycles. The van der Waals surface area contributed by atoms with E-state index in [1.54, 1.807) is 6.07 Å². The highest BCUT2D eigenvalue weighted by atomic mass is 16.5. The van der Waals surface area contributed by atoms with Crippen molar-refractivity contribution in [3.8, 4) is 11.5 Å². The van der Waals surface area contributed by atoms with Gasteiger partial charge in [-0.15, -0.1) is 0 Å². The summed E-state index contributed by atoms with van der Waals surface area (Å²) in [4.78, 5) is 28.5. The maximum Gasteiger partial charge on any atom is 0.161 e. The Balaban J connectivity index is 1.47. The second kappa shape index (κ2) is 15.6. The average Bonchev–Trinajstić information content (AvgIpc) is 3.50. The van der Waals surface area contributed by atoms with Crippen LogP contribution in [-0.4, -0.2) is 47.0 Å². The van der Waals surface area contributed by atoms with E-state index >= 15 is 0 Å². The minimum Gasteiger partial charge on any atom is -0.504 e. The van der Waals surface area contributed by atoms with Gasteiger partial charge in [0, 0.05) is 49.4 Å². The summed E-state index contributed by atoms with van der Waals surface area (Å²) in [7, 11) is 1.50. The highest BCUT2D eigenvalue weighted by Crippen LogP contribution is 2.44. The molecule has 6 N–H and O–H groups in total. The number of aromatic nitrogens is 1. The predicted octanol–water partition coefficient (Wildman–Crippen LogP) is 5.20. The van der Waals surface area contributed by atoms with Crippen LogP contribution in [0, 0.1) is 11.8 Å². The summed E-state index contributed by atoms with van der Waals surface area (Å²) in [6, 6.07) is 7.53. The van der Waals surface area contributed by atoms with Crippen molar-refractivity contribution in [2.45, 2.75) is 83.0 Å². The number of ketones is 2. The molecule has 228 valence electrons. The molecule has 4 rings (SSSR count). The lowest BCUT2D eigenvalue weighted by Crippen LogP contribution is -2.28. The lowest BCUT2D eigenvalue weighted by molar-refractivity contribution is -0.127. The number of carbonyl (C=O) groups is 2. The third-order valence-electron chi connectivity index (χ3n) is 8.77. The lowest BCUT2D eigenvalue weighted by atomic mass is 9.76. The maximum atomic E-state index is 12.8. The molecule has 0 amide bonds. The van der Waals surface area contributed by atoms with Crippen LogP contribution >= 0.6 is 0 Å². The molecule has 1 aliphatic carbocycles. The van der Waals surface area contributed by atoms with Gasteiger partial charge in [0.15, 0.2) is 11.5 Å². The van der Waals surface area contributed by atoms with Gasteiger partial charge in [0.1, 0.15) is 11.6 Å². The van der Waals surface area contributed by atoms with Crippen molar-refractivity contribution in [3.05, 3.63) is 70.8 Å². The number of aliphatic hydroxyl groups is 1. The molecule has 2 aromatic rings. The molecule has 0 radical (unpaired) electrons. The fraction of sp³-hybridized carbons (Fsp3) is 0.529. The number of phenolic OH excluding ortho intramolecular Hbond substituents is 1. The number of hydrogen-bond acceptors (Lipinski definition) is 7. The Bertz CT molecular complexity index is 1240. The quantitative estimate of drug-likeness (QED) is 0.173. The lowest BCUT2D eigenvalue weighted by Gasteiger charge is -2.30. The number of allylic oxidation sites excluding steroid dienone is 2. The van der Waals surface area contributed by atoms with E-state index in [2.05, 4.69) is 10.3 Å². The first-order valence-corrected chi connectivity index (χ1v) is 15.4. The van der Waals surface area contributed by atoms with Crippen molar-refractivity contribution in [2.24, 2.45) is 17.6 Å². The largest absolute Gasteiger partial charge is 0.504 e. The standard InChI is InChI=1S/C34H47N3O5/c1-42-31-18-24(12-13-29(40)21-28(39)11-5-9-23-7-3-2-4-8-23)17-30(34(31)41)33(25-14-16-37-32(35)20-25)26(22-38)19-27-10-6-15-36-27/h6,10,14-15,17-18,20,23,26,33,36-38,41H,2-5,7-9,11-13,16,19,21-22,35H2,1H3. The second-order valence-corrected chi connectivity index (χ2v) is 11.9. The number of phenols is 1. The van der Waals surface area contributed by atoms with E-state index in [0.717, 1.165) is 35.6 Å². The molecule has 2 unspecified atom stereocenters. The number of aliphatic hydroxyl groups excluding tert-OH is 1. The minimum absolute atomic E-state index is 0.00191. The Labute approximate surface area is 249 Å². The molecule has 0 saturated heterocycles. The van der Waals surface area contributed by atoms with Crippen molar-refractivity contribution >= 4 is 11.6 Å². The third kappa shape index (κ3) is 8.74. The van der Waals surface area contributed by atoms with Crippen LogP contribution in [0.25, 0.3) is 0 Å². The predicted molar refractivity (Wildman–Crippen MR) is 164 cm³/mol. The normalized spacial score (nSPS) is 17.1. The number of ether oxygens (including phenoxy) is 1. The zero-order valence-corrected chi connectivity index (χ0v) is 24.9. The van der Waals surface area contributed by atoms with Gasteiger partial charge in [-0.3, -0.25) is 9.59 Å². The number of nitrogens with two attached hydrogens (primary N) is 1. The minimum atomic E-state index is -0.380. The highest BCUT2D eigenvalue weighted by Gasteiger charge is 2.31. The van der Waals surface area contributed by atoms with Gasteiger partial charge in [-0.2, -0.15) is 0 Å². The molecule has 2 heterocycles. The summed E-state index contributed by atoms with van der Waals surface area (Å²) in [6.45, 7) is 0.422. The molecule has 1 aliphatic heterocycles. The van der Waals surface area contributed by atoms with Crippen molar-refractivity contribution in [3.63, 3.8) is 0 Å². The fourth-order valence-corrected chi connectivity index (χ4v) is 6.53. The van der Waals surface area contributed by atoms with Gasteiger partial charge in [-0.1, -0.05) is 50.7 Å². The monoisotopic (exact) mass is 577 g/mol. The molecular weight excluding hydrogens is 530 g/mol. The van der Waals surface area contributed by atoms with Gasteiger partial charge in [0.05, 0.1) is 19.4 Å². The van der Waals surface area contributed by atoms with E-state index in [0.29, 0.717) is 42.9 Å². The molecule has 2 atom stereocenters. The van der Waals surface area contributed by atoms with Crippen LogP contribution in [-0.2, 0) is 22.4 Å². The number of dihydropyridines is 1. The topological polar surface area (TPSA) is 138 Å². The molecule has 0 bridgehead atoms. The maximum absolute atomic E-state index is 12.8. The van der Waals surface area contributed by atoms with Crippen molar-refractivity contribution in [1.29, 1.82) is 0 Å². The van der Waals surface area contributed by atoms with Gasteiger partial charge in [-0.05, 0) is 66.5 Å². The Hall–Kier alpha value is -3.52. The number of benzene rings is 1. The molecule has 2 aliphatic rings. The number of nitrogens with one attached hydrogen (secondary N) is 2. The molecule has 0 spiro atoms. The first-order valence-electron chi connectivity index (χ1n) is 15.4. The number of H-pyrrole nitrogens is 1.